The van der Waals surface area contributed by atoms with Crippen molar-refractivity contribution in [2.45, 2.75) is 52.7 Å². The van der Waals surface area contributed by atoms with Crippen LogP contribution in [0, 0.1) is 19.7 Å². The first-order valence-electron chi connectivity index (χ1n) is 11.2. The van der Waals surface area contributed by atoms with E-state index in [-0.39, 0.29) is 17.9 Å². The van der Waals surface area contributed by atoms with Crippen LogP contribution in [0.15, 0.2) is 18.2 Å². The monoisotopic (exact) mass is 468 g/mol. The Morgan fingerprint density at radius 3 is 2.71 bits per heavy atom. The molecular weight excluding hydrogens is 439 g/mol. The number of carbonyl (C=O) groups excluding carboxylic acids is 3. The molecule has 3 amide bonds. The molecule has 0 bridgehead atoms. The van der Waals surface area contributed by atoms with E-state index >= 15 is 0 Å². The number of likely N-dealkylation sites (tertiary alicyclic amines) is 1. The predicted octanol–water partition coefficient (Wildman–Crippen LogP) is 4.00. The number of fused-ring (bicyclic) bond motifs is 1. The van der Waals surface area contributed by atoms with Gasteiger partial charge in [0, 0.05) is 41.8 Å². The van der Waals surface area contributed by atoms with Gasteiger partial charge in [0.25, 0.3) is 11.8 Å². The number of aryl methyl sites for hydroxylation is 1. The second-order valence-corrected chi connectivity index (χ2v) is 9.75. The first-order chi connectivity index (χ1) is 15.9. The number of ether oxygens (including phenoxy) is 1. The SMILES string of the molecule is Cc1[nH]c(/C=C2\C(=O)Nc3ccc(F)cc32)c(C)c1C(=O)N[C@H]1CCN(C(=O)OC(C)(C)C)C1. The molecule has 0 aliphatic carbocycles. The summed E-state index contributed by atoms with van der Waals surface area (Å²) in [6.07, 6.45) is 1.88. The Labute approximate surface area is 197 Å². The van der Waals surface area contributed by atoms with Gasteiger partial charge in [-0.3, -0.25) is 9.59 Å². The second kappa shape index (κ2) is 8.62. The van der Waals surface area contributed by atoms with Crippen molar-refractivity contribution in [2.24, 2.45) is 0 Å². The summed E-state index contributed by atoms with van der Waals surface area (Å²) in [5.41, 5.74) is 3.21. The molecule has 1 fully saturated rings. The fourth-order valence-electron chi connectivity index (χ4n) is 4.33. The highest BCUT2D eigenvalue weighted by molar-refractivity contribution is 6.34. The molecule has 1 aromatic carbocycles. The van der Waals surface area contributed by atoms with E-state index in [9.17, 15) is 18.8 Å². The maximum Gasteiger partial charge on any atom is 0.410 e. The molecule has 4 rings (SSSR count). The van der Waals surface area contributed by atoms with Gasteiger partial charge in [-0.2, -0.15) is 0 Å². The van der Waals surface area contributed by atoms with E-state index in [1.807, 2.05) is 20.8 Å². The van der Waals surface area contributed by atoms with Crippen LogP contribution in [0.1, 0.15) is 60.1 Å². The number of nitrogens with one attached hydrogen (secondary N) is 3. The molecule has 34 heavy (non-hydrogen) atoms. The van der Waals surface area contributed by atoms with Crippen molar-refractivity contribution >= 4 is 35.2 Å². The number of carbonyl (C=O) groups is 3. The number of halogens is 1. The van der Waals surface area contributed by atoms with Crippen molar-refractivity contribution < 1.29 is 23.5 Å². The zero-order chi connectivity index (χ0) is 24.8. The maximum absolute atomic E-state index is 13.7. The molecule has 2 aromatic rings. The van der Waals surface area contributed by atoms with Gasteiger partial charge in [0.15, 0.2) is 0 Å². The van der Waals surface area contributed by atoms with Crippen LogP contribution in [-0.2, 0) is 9.53 Å². The van der Waals surface area contributed by atoms with Crippen molar-refractivity contribution in [1.82, 2.24) is 15.2 Å². The molecule has 3 N–H and O–H groups in total. The fraction of sp³-hybridized carbons (Fsp3) is 0.400. The number of nitrogens with zero attached hydrogens (tertiary/aromatic N) is 1. The molecular formula is C25H29FN4O4. The lowest BCUT2D eigenvalue weighted by Gasteiger charge is -2.24. The van der Waals surface area contributed by atoms with Crippen LogP contribution in [0.2, 0.25) is 0 Å². The molecule has 8 nitrogen and oxygen atoms in total. The number of aromatic nitrogens is 1. The van der Waals surface area contributed by atoms with Crippen LogP contribution < -0.4 is 10.6 Å². The topological polar surface area (TPSA) is 104 Å². The molecule has 1 atom stereocenters. The molecule has 3 heterocycles. The summed E-state index contributed by atoms with van der Waals surface area (Å²) in [4.78, 5) is 42.6. The third-order valence-corrected chi connectivity index (χ3v) is 5.93. The average molecular weight is 469 g/mol. The average Bonchev–Trinajstić information content (AvgIpc) is 3.38. The van der Waals surface area contributed by atoms with Crippen LogP contribution in [0.4, 0.5) is 14.9 Å². The standard InChI is InChI=1S/C25H29FN4O4/c1-13-20(11-18-17-10-15(26)6-7-19(17)29-22(18)31)27-14(2)21(13)23(32)28-16-8-9-30(12-16)24(33)34-25(3,4)5/h6-7,10-11,16,27H,8-9,12H2,1-5H3,(H,28,32)(H,29,31)/b18-11-/t16-/m0/s1. The van der Waals surface area contributed by atoms with Gasteiger partial charge in [0.2, 0.25) is 0 Å². The van der Waals surface area contributed by atoms with Gasteiger partial charge in [0.1, 0.15) is 11.4 Å². The Morgan fingerprint density at radius 2 is 2.00 bits per heavy atom. The smallest absolute Gasteiger partial charge is 0.410 e. The molecule has 2 aliphatic heterocycles. The minimum absolute atomic E-state index is 0.189. The van der Waals surface area contributed by atoms with Crippen molar-refractivity contribution in [3.05, 3.63) is 52.1 Å². The normalized spacial score (nSPS) is 18.8. The molecule has 2 aliphatic rings. The van der Waals surface area contributed by atoms with E-state index < -0.39 is 17.5 Å². The van der Waals surface area contributed by atoms with Gasteiger partial charge in [-0.25, -0.2) is 9.18 Å². The molecule has 9 heteroatoms. The Kier molecular flexibility index (Phi) is 5.97. The summed E-state index contributed by atoms with van der Waals surface area (Å²) in [5.74, 6) is -1.02. The van der Waals surface area contributed by atoms with Crippen LogP contribution in [0.25, 0.3) is 11.6 Å². The van der Waals surface area contributed by atoms with E-state index in [2.05, 4.69) is 15.6 Å². The number of hydrogen-bond donors (Lipinski definition) is 3. The van der Waals surface area contributed by atoms with Crippen LogP contribution in [-0.4, -0.2) is 52.5 Å². The minimum atomic E-state index is -0.578. The van der Waals surface area contributed by atoms with E-state index in [0.717, 1.165) is 0 Å². The number of H-pyrrole nitrogens is 1. The summed E-state index contributed by atoms with van der Waals surface area (Å²) in [7, 11) is 0. The van der Waals surface area contributed by atoms with Crippen LogP contribution in [0.3, 0.4) is 0 Å². The Balaban J connectivity index is 1.50. The lowest BCUT2D eigenvalue weighted by molar-refractivity contribution is -0.110. The number of aromatic amines is 1. The summed E-state index contributed by atoms with van der Waals surface area (Å²) >= 11 is 0. The van der Waals surface area contributed by atoms with Gasteiger partial charge in [-0.1, -0.05) is 0 Å². The zero-order valence-electron chi connectivity index (χ0n) is 20.0. The molecule has 0 spiro atoms. The Hall–Kier alpha value is -3.62. The van der Waals surface area contributed by atoms with E-state index in [0.29, 0.717) is 58.8 Å². The molecule has 0 radical (unpaired) electrons. The van der Waals surface area contributed by atoms with Crippen LogP contribution >= 0.6 is 0 Å². The van der Waals surface area contributed by atoms with Gasteiger partial charge in [0.05, 0.1) is 11.1 Å². The second-order valence-electron chi connectivity index (χ2n) is 9.75. The van der Waals surface area contributed by atoms with Crippen molar-refractivity contribution in [1.29, 1.82) is 0 Å². The lowest BCUT2D eigenvalue weighted by Crippen LogP contribution is -2.40. The largest absolute Gasteiger partial charge is 0.444 e. The number of rotatable bonds is 3. The molecule has 0 unspecified atom stereocenters. The van der Waals surface area contributed by atoms with Crippen LogP contribution in [0.5, 0.6) is 0 Å². The zero-order valence-corrected chi connectivity index (χ0v) is 20.0. The van der Waals surface area contributed by atoms with E-state index in [1.165, 1.54) is 18.2 Å². The number of anilines is 1. The van der Waals surface area contributed by atoms with Crippen molar-refractivity contribution in [3.63, 3.8) is 0 Å². The summed E-state index contributed by atoms with van der Waals surface area (Å²) in [5, 5.41) is 5.73. The van der Waals surface area contributed by atoms with E-state index in [4.69, 9.17) is 4.74 Å². The quantitative estimate of drug-likeness (QED) is 0.593. The fourth-order valence-corrected chi connectivity index (χ4v) is 4.33. The van der Waals surface area contributed by atoms with Gasteiger partial charge in [-0.05, 0) is 70.9 Å². The third kappa shape index (κ3) is 4.69. The Bertz CT molecular complexity index is 1210. The highest BCUT2D eigenvalue weighted by Crippen LogP contribution is 2.34. The predicted molar refractivity (Wildman–Crippen MR) is 127 cm³/mol. The molecule has 0 saturated carbocycles. The number of hydrogen-bond acceptors (Lipinski definition) is 4. The summed E-state index contributed by atoms with van der Waals surface area (Å²) in [6.45, 7) is 9.91. The molecule has 180 valence electrons. The summed E-state index contributed by atoms with van der Waals surface area (Å²) < 4.78 is 19.2. The maximum atomic E-state index is 13.7. The first kappa shape index (κ1) is 23.5. The highest BCUT2D eigenvalue weighted by atomic mass is 19.1. The van der Waals surface area contributed by atoms with Gasteiger partial charge in [-0.15, -0.1) is 0 Å². The van der Waals surface area contributed by atoms with Gasteiger partial charge < -0.3 is 25.3 Å². The third-order valence-electron chi connectivity index (χ3n) is 5.93. The summed E-state index contributed by atoms with van der Waals surface area (Å²) in [6, 6.07) is 3.94. The number of amides is 3. The number of benzene rings is 1. The highest BCUT2D eigenvalue weighted by Gasteiger charge is 2.32. The minimum Gasteiger partial charge on any atom is -0.444 e. The van der Waals surface area contributed by atoms with E-state index in [1.54, 1.807) is 24.8 Å². The molecule has 1 aromatic heterocycles. The lowest BCUT2D eigenvalue weighted by atomic mass is 10.0. The molecule has 1 saturated heterocycles. The van der Waals surface area contributed by atoms with Crippen molar-refractivity contribution in [2.75, 3.05) is 18.4 Å². The first-order valence-corrected chi connectivity index (χ1v) is 11.2. The van der Waals surface area contributed by atoms with Gasteiger partial charge >= 0.3 is 6.09 Å². The van der Waals surface area contributed by atoms with Crippen molar-refractivity contribution in [3.8, 4) is 0 Å². The Morgan fingerprint density at radius 1 is 1.26 bits per heavy atom.